The average Bonchev–Trinajstić information content (AvgIpc) is 2.72. The summed E-state index contributed by atoms with van der Waals surface area (Å²) in [7, 11) is 0. The Kier molecular flexibility index (Phi) is 5.45. The Morgan fingerprint density at radius 1 is 1.37 bits per heavy atom. The average molecular weight is 305 g/mol. The second-order valence-corrected chi connectivity index (χ2v) is 5.36. The van der Waals surface area contributed by atoms with E-state index in [1.165, 1.54) is 0 Å². The van der Waals surface area contributed by atoms with Crippen LogP contribution in [-0.2, 0) is 11.3 Å². The van der Waals surface area contributed by atoms with Gasteiger partial charge >= 0.3 is 0 Å². The van der Waals surface area contributed by atoms with Gasteiger partial charge in [0.25, 0.3) is 0 Å². The summed E-state index contributed by atoms with van der Waals surface area (Å²) < 4.78 is 5.30. The highest BCUT2D eigenvalue weighted by Gasteiger charge is 2.31. The Bertz CT molecular complexity index is 443. The van der Waals surface area contributed by atoms with Crippen LogP contribution in [0.25, 0.3) is 0 Å². The Morgan fingerprint density at radius 2 is 2.16 bits per heavy atom. The lowest BCUT2D eigenvalue weighted by Crippen LogP contribution is -2.31. The molecule has 19 heavy (non-hydrogen) atoms. The van der Waals surface area contributed by atoms with E-state index in [-0.39, 0.29) is 12.6 Å². The maximum Gasteiger partial charge on any atom is 0.0698 e. The van der Waals surface area contributed by atoms with Crippen molar-refractivity contribution in [3.05, 3.63) is 33.3 Å². The van der Waals surface area contributed by atoms with Crippen LogP contribution in [0.3, 0.4) is 0 Å². The van der Waals surface area contributed by atoms with Crippen molar-refractivity contribution in [2.45, 2.75) is 12.6 Å². The van der Waals surface area contributed by atoms with E-state index >= 15 is 0 Å². The third-order valence-electron chi connectivity index (χ3n) is 3.31. The third-order valence-corrected chi connectivity index (χ3v) is 3.84. The molecule has 106 valence electrons. The third kappa shape index (κ3) is 3.40. The Hall–Kier alpha value is -0.360. The zero-order valence-corrected chi connectivity index (χ0v) is 12.1. The molecule has 0 saturated heterocycles. The van der Waals surface area contributed by atoms with Crippen LogP contribution in [0.2, 0.25) is 10.0 Å². The number of rotatable bonds is 6. The molecule has 1 heterocycles. The second-order valence-electron chi connectivity index (χ2n) is 4.52. The van der Waals surface area contributed by atoms with Crippen molar-refractivity contribution in [1.82, 2.24) is 4.90 Å². The van der Waals surface area contributed by atoms with Gasteiger partial charge in [-0.1, -0.05) is 23.2 Å². The monoisotopic (exact) mass is 304 g/mol. The molecule has 1 unspecified atom stereocenters. The fraction of sp³-hybridized carbons (Fsp3) is 0.538. The summed E-state index contributed by atoms with van der Waals surface area (Å²) in [6.45, 7) is 3.01. The summed E-state index contributed by atoms with van der Waals surface area (Å²) in [5.74, 6) is 0. The van der Waals surface area contributed by atoms with Crippen LogP contribution in [-0.4, -0.2) is 42.9 Å². The largest absolute Gasteiger partial charge is 0.394 e. The molecule has 4 nitrogen and oxygen atoms in total. The molecular formula is C13H18Cl2N2O2. The van der Waals surface area contributed by atoms with Gasteiger partial charge in [0, 0.05) is 35.7 Å². The first-order chi connectivity index (χ1) is 9.17. The molecule has 3 N–H and O–H groups in total. The van der Waals surface area contributed by atoms with Gasteiger partial charge in [-0.2, -0.15) is 0 Å². The van der Waals surface area contributed by atoms with Gasteiger partial charge in [-0.25, -0.2) is 0 Å². The standard InChI is InChI=1S/C13H18Cl2N2O2/c14-10-5-9-8-17(1-3-19-4-2-18)12(7-16)13(9)11(15)6-10/h5-6,12,18H,1-4,7-8,16H2. The predicted molar refractivity (Wildman–Crippen MR) is 76.6 cm³/mol. The lowest BCUT2D eigenvalue weighted by Gasteiger charge is -2.23. The fourth-order valence-corrected chi connectivity index (χ4v) is 3.17. The number of benzene rings is 1. The predicted octanol–water partition coefficient (Wildman–Crippen LogP) is 1.82. The van der Waals surface area contributed by atoms with Crippen LogP contribution in [0, 0.1) is 0 Å². The van der Waals surface area contributed by atoms with Crippen LogP contribution < -0.4 is 5.73 Å². The molecule has 0 bridgehead atoms. The fourth-order valence-electron chi connectivity index (χ4n) is 2.50. The van der Waals surface area contributed by atoms with Crippen LogP contribution in [0.5, 0.6) is 0 Å². The number of aliphatic hydroxyl groups excluding tert-OH is 1. The molecule has 1 aromatic carbocycles. The van der Waals surface area contributed by atoms with Crippen molar-refractivity contribution in [3.63, 3.8) is 0 Å². The minimum Gasteiger partial charge on any atom is -0.394 e. The zero-order valence-electron chi connectivity index (χ0n) is 10.6. The van der Waals surface area contributed by atoms with Crippen LogP contribution in [0.1, 0.15) is 17.2 Å². The number of hydrogen-bond donors (Lipinski definition) is 2. The van der Waals surface area contributed by atoms with E-state index in [2.05, 4.69) is 4.90 Å². The molecule has 0 aromatic heterocycles. The number of halogens is 2. The second kappa shape index (κ2) is 6.88. The number of ether oxygens (including phenoxy) is 1. The van der Waals surface area contributed by atoms with Crippen LogP contribution in [0.4, 0.5) is 0 Å². The van der Waals surface area contributed by atoms with Crippen molar-refractivity contribution in [1.29, 1.82) is 0 Å². The SMILES string of the molecule is NCC1c2c(Cl)cc(Cl)cc2CN1CCOCCO. The molecule has 0 fully saturated rings. The van der Waals surface area contributed by atoms with Crippen LogP contribution in [0.15, 0.2) is 12.1 Å². The maximum atomic E-state index is 8.67. The Labute approximate surface area is 123 Å². The quantitative estimate of drug-likeness (QED) is 0.787. The minimum absolute atomic E-state index is 0.0436. The molecule has 2 rings (SSSR count). The Balaban J connectivity index is 2.07. The van der Waals surface area contributed by atoms with E-state index in [1.54, 1.807) is 6.07 Å². The van der Waals surface area contributed by atoms with Crippen molar-refractivity contribution >= 4 is 23.2 Å². The molecule has 0 spiro atoms. The van der Waals surface area contributed by atoms with E-state index in [1.807, 2.05) is 6.07 Å². The summed E-state index contributed by atoms with van der Waals surface area (Å²) in [4.78, 5) is 2.23. The zero-order chi connectivity index (χ0) is 13.8. The number of nitrogens with zero attached hydrogens (tertiary/aromatic N) is 1. The number of aliphatic hydroxyl groups is 1. The van der Waals surface area contributed by atoms with E-state index in [0.717, 1.165) is 24.2 Å². The molecule has 0 amide bonds. The molecule has 0 saturated carbocycles. The van der Waals surface area contributed by atoms with E-state index < -0.39 is 0 Å². The molecule has 0 aliphatic carbocycles. The summed E-state index contributed by atoms with van der Waals surface area (Å²) in [6.07, 6.45) is 0. The first kappa shape index (κ1) is 15.0. The van der Waals surface area contributed by atoms with E-state index in [0.29, 0.717) is 29.8 Å². The van der Waals surface area contributed by atoms with Gasteiger partial charge in [0.1, 0.15) is 0 Å². The van der Waals surface area contributed by atoms with E-state index in [4.69, 9.17) is 38.8 Å². The van der Waals surface area contributed by atoms with E-state index in [9.17, 15) is 0 Å². The van der Waals surface area contributed by atoms with Crippen molar-refractivity contribution in [2.24, 2.45) is 5.73 Å². The molecule has 0 radical (unpaired) electrons. The molecule has 1 aliphatic rings. The topological polar surface area (TPSA) is 58.7 Å². The molecule has 1 aliphatic heterocycles. The summed E-state index contributed by atoms with van der Waals surface area (Å²) in [6, 6.07) is 3.81. The van der Waals surface area contributed by atoms with Gasteiger partial charge in [0.15, 0.2) is 0 Å². The van der Waals surface area contributed by atoms with Gasteiger partial charge in [0.05, 0.1) is 19.8 Å². The number of fused-ring (bicyclic) bond motifs is 1. The maximum absolute atomic E-state index is 8.67. The first-order valence-electron chi connectivity index (χ1n) is 6.28. The van der Waals surface area contributed by atoms with Crippen molar-refractivity contribution in [2.75, 3.05) is 32.9 Å². The normalized spacial score (nSPS) is 18.8. The van der Waals surface area contributed by atoms with Gasteiger partial charge in [-0.15, -0.1) is 0 Å². The Morgan fingerprint density at radius 3 is 2.84 bits per heavy atom. The van der Waals surface area contributed by atoms with Crippen molar-refractivity contribution in [3.8, 4) is 0 Å². The van der Waals surface area contributed by atoms with Crippen LogP contribution >= 0.6 is 23.2 Å². The number of nitrogens with two attached hydrogens (primary N) is 1. The summed E-state index contributed by atoms with van der Waals surface area (Å²) in [5.41, 5.74) is 8.08. The highest BCUT2D eigenvalue weighted by atomic mass is 35.5. The van der Waals surface area contributed by atoms with Gasteiger partial charge < -0.3 is 15.6 Å². The molecule has 1 aromatic rings. The summed E-state index contributed by atoms with van der Waals surface area (Å²) >= 11 is 12.3. The van der Waals surface area contributed by atoms with Gasteiger partial charge in [-0.05, 0) is 23.3 Å². The lowest BCUT2D eigenvalue weighted by atomic mass is 10.0. The van der Waals surface area contributed by atoms with Gasteiger partial charge in [0.2, 0.25) is 0 Å². The molecule has 6 heteroatoms. The summed E-state index contributed by atoms with van der Waals surface area (Å²) in [5, 5.41) is 10.0. The molecular weight excluding hydrogens is 287 g/mol. The highest BCUT2D eigenvalue weighted by Crippen LogP contribution is 2.39. The smallest absolute Gasteiger partial charge is 0.0698 e. The lowest BCUT2D eigenvalue weighted by molar-refractivity contribution is 0.0657. The first-order valence-corrected chi connectivity index (χ1v) is 7.03. The van der Waals surface area contributed by atoms with Crippen molar-refractivity contribution < 1.29 is 9.84 Å². The number of hydrogen-bond acceptors (Lipinski definition) is 4. The molecule has 1 atom stereocenters. The minimum atomic E-state index is 0.0436. The highest BCUT2D eigenvalue weighted by molar-refractivity contribution is 6.35. The van der Waals surface area contributed by atoms with Gasteiger partial charge in [-0.3, -0.25) is 4.90 Å².